The summed E-state index contributed by atoms with van der Waals surface area (Å²) in [5, 5.41) is 0. The second-order valence-electron chi connectivity index (χ2n) is 19.1. The van der Waals surface area contributed by atoms with Gasteiger partial charge in [0.1, 0.15) is 13.2 Å². The van der Waals surface area contributed by atoms with Crippen LogP contribution in [-0.4, -0.2) is 37.2 Å². The van der Waals surface area contributed by atoms with Crippen LogP contribution in [0.4, 0.5) is 0 Å². The lowest BCUT2D eigenvalue weighted by Crippen LogP contribution is -2.30. The van der Waals surface area contributed by atoms with Crippen molar-refractivity contribution in [3.63, 3.8) is 0 Å². The third-order valence-corrected chi connectivity index (χ3v) is 12.2. The fraction of sp³-hybridized carbons (Fsp3) is 0.652. The number of carbonyl (C=O) groups excluding carboxylic acids is 3. The van der Waals surface area contributed by atoms with Gasteiger partial charge in [-0.1, -0.05) is 232 Å². The largest absolute Gasteiger partial charge is 0.462 e. The Hall–Kier alpha value is -4.19. The van der Waals surface area contributed by atoms with Crippen LogP contribution in [0.15, 0.2) is 122 Å². The molecule has 0 bridgehead atoms. The number of carbonyl (C=O) groups is 3. The Morgan fingerprint density at radius 1 is 0.292 bits per heavy atom. The molecule has 0 N–H and O–H groups in total. The van der Waals surface area contributed by atoms with Gasteiger partial charge in [-0.25, -0.2) is 0 Å². The Morgan fingerprint density at radius 2 is 0.542 bits per heavy atom. The molecule has 1 atom stereocenters. The van der Waals surface area contributed by atoms with Crippen LogP contribution in [0.1, 0.15) is 258 Å². The number of hydrogen-bond acceptors (Lipinski definition) is 6. The molecule has 0 saturated carbocycles. The first-order valence-corrected chi connectivity index (χ1v) is 29.5. The molecule has 6 nitrogen and oxygen atoms in total. The molecule has 0 spiro atoms. The molecule has 0 rings (SSSR count). The van der Waals surface area contributed by atoms with E-state index in [4.69, 9.17) is 14.2 Å². The Labute approximate surface area is 443 Å². The van der Waals surface area contributed by atoms with Gasteiger partial charge in [-0.3, -0.25) is 14.4 Å². The molecule has 0 aromatic carbocycles. The number of unbranched alkanes of at least 4 members (excludes halogenated alkanes) is 21. The van der Waals surface area contributed by atoms with Crippen molar-refractivity contribution in [2.75, 3.05) is 13.2 Å². The standard InChI is InChI=1S/C66H108O6/c1-4-7-10-13-16-19-22-25-28-30-31-32-33-34-35-37-38-41-44-47-50-53-56-59-65(68)71-62-63(61-70-64(67)58-55-52-49-46-43-40-27-24-21-18-15-12-9-6-3)72-66(69)60-57-54-51-48-45-42-39-36-29-26-23-20-17-14-11-8-5-2/h7-8,10-11,16-17,19-20,24-29,31-32,34-35,38,41,63H,4-6,9,12-15,18,21-23,30,33,36-37,39-40,42-62H2,1-3H3/b10-7-,11-8-,19-16-,20-17-,27-24-,28-25-,29-26-,32-31-,35-34-,41-38-. The average molecular weight is 998 g/mol. The molecule has 72 heavy (non-hydrogen) atoms. The van der Waals surface area contributed by atoms with E-state index in [0.717, 1.165) is 148 Å². The maximum atomic E-state index is 12.9. The maximum absolute atomic E-state index is 12.9. The smallest absolute Gasteiger partial charge is 0.306 e. The van der Waals surface area contributed by atoms with E-state index >= 15 is 0 Å². The molecule has 0 radical (unpaired) electrons. The topological polar surface area (TPSA) is 78.9 Å². The first-order chi connectivity index (χ1) is 35.5. The van der Waals surface area contributed by atoms with E-state index in [1.165, 1.54) is 70.6 Å². The monoisotopic (exact) mass is 997 g/mol. The lowest BCUT2D eigenvalue weighted by atomic mass is 10.1. The van der Waals surface area contributed by atoms with Crippen molar-refractivity contribution < 1.29 is 28.6 Å². The van der Waals surface area contributed by atoms with E-state index in [1.807, 2.05) is 0 Å². The van der Waals surface area contributed by atoms with Crippen LogP contribution < -0.4 is 0 Å². The zero-order valence-corrected chi connectivity index (χ0v) is 46.7. The molecule has 0 aliphatic carbocycles. The van der Waals surface area contributed by atoms with Gasteiger partial charge in [0.25, 0.3) is 0 Å². The zero-order valence-electron chi connectivity index (χ0n) is 46.7. The van der Waals surface area contributed by atoms with Gasteiger partial charge < -0.3 is 14.2 Å². The number of rotatable bonds is 52. The van der Waals surface area contributed by atoms with Crippen LogP contribution >= 0.6 is 0 Å². The molecule has 0 aromatic rings. The van der Waals surface area contributed by atoms with Crippen molar-refractivity contribution in [1.82, 2.24) is 0 Å². The Kier molecular flexibility index (Phi) is 55.9. The van der Waals surface area contributed by atoms with Gasteiger partial charge in [0.15, 0.2) is 6.10 Å². The number of esters is 3. The molecule has 0 aromatic heterocycles. The summed E-state index contributed by atoms with van der Waals surface area (Å²) < 4.78 is 16.9. The summed E-state index contributed by atoms with van der Waals surface area (Å²) in [4.78, 5) is 38.2. The minimum absolute atomic E-state index is 0.0973. The lowest BCUT2D eigenvalue weighted by molar-refractivity contribution is -0.167. The van der Waals surface area contributed by atoms with Gasteiger partial charge in [0.05, 0.1) is 0 Å². The first-order valence-electron chi connectivity index (χ1n) is 29.5. The predicted octanol–water partition coefficient (Wildman–Crippen LogP) is 20.0. The van der Waals surface area contributed by atoms with Gasteiger partial charge in [0.2, 0.25) is 0 Å². The highest BCUT2D eigenvalue weighted by Crippen LogP contribution is 2.14. The summed E-state index contributed by atoms with van der Waals surface area (Å²) in [5.41, 5.74) is 0. The summed E-state index contributed by atoms with van der Waals surface area (Å²) in [5.74, 6) is -0.941. The second-order valence-corrected chi connectivity index (χ2v) is 19.1. The van der Waals surface area contributed by atoms with Crippen LogP contribution in [0.3, 0.4) is 0 Å². The van der Waals surface area contributed by atoms with Gasteiger partial charge in [-0.05, 0) is 128 Å². The molecule has 0 aliphatic heterocycles. The molecular weight excluding hydrogens is 889 g/mol. The molecule has 0 saturated heterocycles. The molecule has 408 valence electrons. The third-order valence-electron chi connectivity index (χ3n) is 12.2. The highest BCUT2D eigenvalue weighted by molar-refractivity contribution is 5.71. The van der Waals surface area contributed by atoms with E-state index in [2.05, 4.69) is 142 Å². The van der Waals surface area contributed by atoms with Crippen molar-refractivity contribution >= 4 is 17.9 Å². The predicted molar refractivity (Wildman–Crippen MR) is 311 cm³/mol. The molecule has 6 heteroatoms. The zero-order chi connectivity index (χ0) is 52.2. The number of allylic oxidation sites excluding steroid dienone is 20. The lowest BCUT2D eigenvalue weighted by Gasteiger charge is -2.18. The Balaban J connectivity index is 4.46. The molecule has 0 heterocycles. The molecule has 0 fully saturated rings. The highest BCUT2D eigenvalue weighted by Gasteiger charge is 2.19. The summed E-state index contributed by atoms with van der Waals surface area (Å²) in [6.45, 7) is 6.37. The van der Waals surface area contributed by atoms with E-state index in [-0.39, 0.29) is 31.1 Å². The number of hydrogen-bond donors (Lipinski definition) is 0. The van der Waals surface area contributed by atoms with Gasteiger partial charge in [-0.15, -0.1) is 0 Å². The summed E-state index contributed by atoms with van der Waals surface area (Å²) >= 11 is 0. The van der Waals surface area contributed by atoms with Crippen molar-refractivity contribution in [3.05, 3.63) is 122 Å². The molecular formula is C66H108O6. The van der Waals surface area contributed by atoms with Crippen LogP contribution in [0.5, 0.6) is 0 Å². The minimum atomic E-state index is -0.802. The molecule has 0 aliphatic rings. The third kappa shape index (κ3) is 56.7. The molecule has 0 amide bonds. The Bertz CT molecular complexity index is 1520. The van der Waals surface area contributed by atoms with Gasteiger partial charge in [-0.2, -0.15) is 0 Å². The van der Waals surface area contributed by atoms with Crippen molar-refractivity contribution in [3.8, 4) is 0 Å². The summed E-state index contributed by atoms with van der Waals surface area (Å²) in [7, 11) is 0. The minimum Gasteiger partial charge on any atom is -0.462 e. The first kappa shape index (κ1) is 67.8. The van der Waals surface area contributed by atoms with Crippen LogP contribution in [0, 0.1) is 0 Å². The normalized spacial score (nSPS) is 13.0. The second kappa shape index (κ2) is 59.4. The van der Waals surface area contributed by atoms with Crippen LogP contribution in [-0.2, 0) is 28.6 Å². The van der Waals surface area contributed by atoms with Crippen LogP contribution in [0.25, 0.3) is 0 Å². The number of ether oxygens (including phenoxy) is 3. The van der Waals surface area contributed by atoms with Gasteiger partial charge in [0, 0.05) is 19.3 Å². The van der Waals surface area contributed by atoms with Crippen LogP contribution in [0.2, 0.25) is 0 Å². The van der Waals surface area contributed by atoms with E-state index in [9.17, 15) is 14.4 Å². The average Bonchev–Trinajstić information content (AvgIpc) is 3.38. The van der Waals surface area contributed by atoms with Gasteiger partial charge >= 0.3 is 17.9 Å². The quantitative estimate of drug-likeness (QED) is 0.0261. The fourth-order valence-corrected chi connectivity index (χ4v) is 7.81. The Morgan fingerprint density at radius 3 is 0.861 bits per heavy atom. The van der Waals surface area contributed by atoms with Crippen molar-refractivity contribution in [2.24, 2.45) is 0 Å². The van der Waals surface area contributed by atoms with E-state index in [1.54, 1.807) is 0 Å². The van der Waals surface area contributed by atoms with E-state index < -0.39 is 6.10 Å². The summed E-state index contributed by atoms with van der Waals surface area (Å²) in [6.07, 6.45) is 81.8. The summed E-state index contributed by atoms with van der Waals surface area (Å²) in [6, 6.07) is 0. The maximum Gasteiger partial charge on any atom is 0.306 e. The van der Waals surface area contributed by atoms with Crippen molar-refractivity contribution in [1.29, 1.82) is 0 Å². The highest BCUT2D eigenvalue weighted by atomic mass is 16.6. The van der Waals surface area contributed by atoms with Crippen molar-refractivity contribution in [2.45, 2.75) is 264 Å². The molecule has 1 unspecified atom stereocenters. The fourth-order valence-electron chi connectivity index (χ4n) is 7.81. The van der Waals surface area contributed by atoms with E-state index in [0.29, 0.717) is 19.3 Å². The SMILES string of the molecule is CC/C=C\C/C=C\C/C=C\C/C=C\C/C=C\C/C=C\CCCCCCC(=O)OCC(COC(=O)CCCCCCC/C=C\CCCCCCC)OC(=O)CCCCCCCCC/C=C\C/C=C\C/C=C\CC.